The van der Waals surface area contributed by atoms with Gasteiger partial charge in [0.1, 0.15) is 30.0 Å². The zero-order valence-electron chi connectivity index (χ0n) is 29.5. The highest BCUT2D eigenvalue weighted by molar-refractivity contribution is 5.66. The van der Waals surface area contributed by atoms with Crippen LogP contribution in [0.15, 0.2) is 103 Å². The number of nitrogens with zero attached hydrogens (tertiary/aromatic N) is 11. The predicted molar refractivity (Wildman–Crippen MR) is 193 cm³/mol. The molecule has 0 amide bonds. The lowest BCUT2D eigenvalue weighted by Crippen LogP contribution is -2.48. The van der Waals surface area contributed by atoms with Crippen LogP contribution in [0.2, 0.25) is 0 Å². The molecule has 3 atom stereocenters. The van der Waals surface area contributed by atoms with E-state index in [4.69, 9.17) is 0 Å². The van der Waals surface area contributed by atoms with Gasteiger partial charge in [-0.1, -0.05) is 43.3 Å². The molecule has 1 aliphatic heterocycles. The van der Waals surface area contributed by atoms with E-state index in [2.05, 4.69) is 40.4 Å². The maximum Gasteiger partial charge on any atom is 0.351 e. The predicted octanol–water partition coefficient (Wildman–Crippen LogP) is 3.95. The molecule has 1 fully saturated rings. The fourth-order valence-electron chi connectivity index (χ4n) is 6.81. The number of aliphatic hydroxyl groups is 2. The summed E-state index contributed by atoms with van der Waals surface area (Å²) in [4.78, 5) is 26.0. The lowest BCUT2D eigenvalue weighted by atomic mass is 9.84. The molecular weight excluding hydrogens is 703 g/mol. The van der Waals surface area contributed by atoms with Crippen LogP contribution in [-0.2, 0) is 18.1 Å². The summed E-state index contributed by atoms with van der Waals surface area (Å²) in [5.41, 5.74) is -1.51. The number of aromatic nitrogens is 9. The number of aliphatic hydroxyl groups excluding tert-OH is 1. The Morgan fingerprint density at radius 3 is 2.13 bits per heavy atom. The Balaban J connectivity index is 1.000. The Labute approximate surface area is 307 Å². The second kappa shape index (κ2) is 14.8. The number of rotatable bonds is 12. The minimum atomic E-state index is -4.04. The van der Waals surface area contributed by atoms with Gasteiger partial charge < -0.3 is 20.0 Å². The first-order chi connectivity index (χ1) is 26.0. The first-order valence-corrected chi connectivity index (χ1v) is 17.4. The van der Waals surface area contributed by atoms with Gasteiger partial charge >= 0.3 is 11.6 Å². The van der Waals surface area contributed by atoms with Crippen LogP contribution < -0.4 is 15.5 Å². The molecule has 2 aromatic carbocycles. The minimum absolute atomic E-state index is 0.361. The van der Waals surface area contributed by atoms with Gasteiger partial charge in [0.05, 0.1) is 30.6 Å². The van der Waals surface area contributed by atoms with Gasteiger partial charge in [-0.3, -0.25) is 4.98 Å². The summed E-state index contributed by atoms with van der Waals surface area (Å²) in [6.07, 6.45) is 5.36. The molecule has 5 heterocycles. The molecule has 7 rings (SSSR count). The summed E-state index contributed by atoms with van der Waals surface area (Å²) in [6, 6.07) is 18.4. The number of pyridine rings is 2. The number of hydrogen-bond acceptors (Lipinski definition) is 11. The van der Waals surface area contributed by atoms with E-state index < -0.39 is 47.3 Å². The Kier molecular flexibility index (Phi) is 10.00. The molecule has 14 nitrogen and oxygen atoms in total. The molecule has 4 aromatic heterocycles. The average Bonchev–Trinajstić information content (AvgIpc) is 3.84. The summed E-state index contributed by atoms with van der Waals surface area (Å²) in [6.45, 7) is 5.66. The summed E-state index contributed by atoms with van der Waals surface area (Å²) in [7, 11) is 0. The summed E-state index contributed by atoms with van der Waals surface area (Å²) >= 11 is 0. The molecule has 0 bridgehead atoms. The van der Waals surface area contributed by atoms with Gasteiger partial charge in [0, 0.05) is 49.2 Å². The third-order valence-corrected chi connectivity index (χ3v) is 9.88. The summed E-state index contributed by atoms with van der Waals surface area (Å²) < 4.78 is 50.7. The molecule has 0 radical (unpaired) electrons. The van der Waals surface area contributed by atoms with Crippen molar-refractivity contribution < 1.29 is 23.4 Å². The van der Waals surface area contributed by atoms with E-state index >= 15 is 8.78 Å². The van der Waals surface area contributed by atoms with Crippen LogP contribution in [0.4, 0.5) is 24.5 Å². The zero-order valence-corrected chi connectivity index (χ0v) is 29.5. The fraction of sp³-hybridized carbons (Fsp3) is 0.324. The van der Waals surface area contributed by atoms with Crippen LogP contribution in [0.1, 0.15) is 37.6 Å². The SMILES string of the molecule is CC[C@@H]([C@H](C)O)n1ncn(-c2ccc(N3CCN(c4ccc(-c5ccc(C(F)(F)C(O)(Cn6cnnn6)c6ccccc6F)nc5)cc4)CC3)cn2)c1=O. The van der Waals surface area contributed by atoms with Gasteiger partial charge in [0.25, 0.3) is 0 Å². The van der Waals surface area contributed by atoms with Crippen molar-refractivity contribution >= 4 is 11.4 Å². The van der Waals surface area contributed by atoms with E-state index in [1.807, 2.05) is 37.3 Å². The van der Waals surface area contributed by atoms with Crippen LogP contribution in [0.3, 0.4) is 0 Å². The second-order valence-electron chi connectivity index (χ2n) is 13.2. The van der Waals surface area contributed by atoms with Crippen LogP contribution >= 0.6 is 0 Å². The quantitative estimate of drug-likeness (QED) is 0.187. The van der Waals surface area contributed by atoms with E-state index in [1.165, 1.54) is 40.0 Å². The standard InChI is InChI=1S/C37H38F3N11O3/c1-3-32(25(2)52)51-35(53)50(24-44-51)34-15-13-29(21-42-34)48-18-16-47(17-19-48)28-11-8-26(9-12-28)27-10-14-33(41-20-27)37(39,40)36(54,22-49-23-43-45-46-49)30-6-4-5-7-31(30)38/h4-15,20-21,23-25,32,52,54H,3,16-19,22H2,1-2H3/t25-,32-,36?/m0/s1. The summed E-state index contributed by atoms with van der Waals surface area (Å²) in [5, 5.41) is 36.2. The normalized spacial score (nSPS) is 15.9. The number of tetrazole rings is 1. The highest BCUT2D eigenvalue weighted by Crippen LogP contribution is 2.46. The van der Waals surface area contributed by atoms with E-state index in [0.717, 1.165) is 72.3 Å². The van der Waals surface area contributed by atoms with Crippen molar-refractivity contribution in [2.45, 2.75) is 50.5 Å². The molecule has 1 aliphatic rings. The molecule has 17 heteroatoms. The molecule has 6 aromatic rings. The van der Waals surface area contributed by atoms with Gasteiger partial charge in [-0.15, -0.1) is 5.10 Å². The van der Waals surface area contributed by atoms with E-state index in [0.29, 0.717) is 17.8 Å². The van der Waals surface area contributed by atoms with Crippen molar-refractivity contribution in [3.63, 3.8) is 0 Å². The fourth-order valence-corrected chi connectivity index (χ4v) is 6.81. The Morgan fingerprint density at radius 1 is 0.852 bits per heavy atom. The highest BCUT2D eigenvalue weighted by atomic mass is 19.3. The average molecular weight is 742 g/mol. The number of benzene rings is 2. The van der Waals surface area contributed by atoms with Crippen LogP contribution in [0, 0.1) is 5.82 Å². The maximum atomic E-state index is 16.2. The lowest BCUT2D eigenvalue weighted by Gasteiger charge is -2.37. The lowest BCUT2D eigenvalue weighted by molar-refractivity contribution is -0.207. The number of alkyl halides is 2. The third-order valence-electron chi connectivity index (χ3n) is 9.88. The van der Waals surface area contributed by atoms with Gasteiger partial charge in [-0.2, -0.15) is 13.9 Å². The molecule has 0 saturated carbocycles. The molecule has 1 saturated heterocycles. The summed E-state index contributed by atoms with van der Waals surface area (Å²) in [5.74, 6) is -4.60. The maximum absolute atomic E-state index is 16.2. The Hall–Kier alpha value is -5.94. The molecule has 0 aliphatic carbocycles. The van der Waals surface area contributed by atoms with Crippen molar-refractivity contribution in [3.8, 4) is 16.9 Å². The van der Waals surface area contributed by atoms with Crippen LogP contribution in [-0.4, -0.2) is 87.0 Å². The van der Waals surface area contributed by atoms with Crippen LogP contribution in [0.25, 0.3) is 16.9 Å². The molecular formula is C37H38F3N11O3. The molecule has 1 unspecified atom stereocenters. The highest BCUT2D eigenvalue weighted by Gasteiger charge is 2.57. The molecule has 54 heavy (non-hydrogen) atoms. The molecule has 0 spiro atoms. The largest absolute Gasteiger partial charge is 0.391 e. The minimum Gasteiger partial charge on any atom is -0.391 e. The van der Waals surface area contributed by atoms with Gasteiger partial charge in [0.2, 0.25) is 0 Å². The zero-order chi connectivity index (χ0) is 38.0. The van der Waals surface area contributed by atoms with Crippen molar-refractivity contribution in [3.05, 3.63) is 125 Å². The Bertz CT molecular complexity index is 2220. The number of halogens is 3. The first kappa shape index (κ1) is 36.4. The van der Waals surface area contributed by atoms with E-state index in [9.17, 15) is 19.4 Å². The van der Waals surface area contributed by atoms with Crippen molar-refractivity contribution in [2.75, 3.05) is 36.0 Å². The Morgan fingerprint density at radius 2 is 1.54 bits per heavy atom. The number of piperazine rings is 1. The number of hydrogen-bond donors (Lipinski definition) is 2. The van der Waals surface area contributed by atoms with Gasteiger partial charge in [-0.05, 0) is 65.7 Å². The third kappa shape index (κ3) is 6.82. The van der Waals surface area contributed by atoms with E-state index in [1.54, 1.807) is 19.2 Å². The van der Waals surface area contributed by atoms with Crippen molar-refractivity contribution in [1.29, 1.82) is 0 Å². The van der Waals surface area contributed by atoms with Crippen LogP contribution in [0.5, 0.6) is 0 Å². The smallest absolute Gasteiger partial charge is 0.351 e. The van der Waals surface area contributed by atoms with E-state index in [-0.39, 0.29) is 5.69 Å². The topological polar surface area (TPSA) is 156 Å². The first-order valence-electron chi connectivity index (χ1n) is 17.4. The van der Waals surface area contributed by atoms with Crippen molar-refractivity contribution in [2.24, 2.45) is 0 Å². The molecule has 2 N–H and O–H groups in total. The van der Waals surface area contributed by atoms with Crippen molar-refractivity contribution in [1.82, 2.24) is 44.5 Å². The number of anilines is 2. The van der Waals surface area contributed by atoms with Gasteiger partial charge in [-0.25, -0.2) is 28.1 Å². The molecule has 280 valence electrons. The monoisotopic (exact) mass is 741 g/mol. The second-order valence-corrected chi connectivity index (χ2v) is 13.2. The van der Waals surface area contributed by atoms with Gasteiger partial charge in [0.15, 0.2) is 5.60 Å².